The summed E-state index contributed by atoms with van der Waals surface area (Å²) >= 11 is 0. The highest BCUT2D eigenvalue weighted by Gasteiger charge is 2.24. The molecule has 0 atom stereocenters. The smallest absolute Gasteiger partial charge is 0.227 e. The average molecular weight is 316 g/mol. The van der Waals surface area contributed by atoms with E-state index < -0.39 is 0 Å². The summed E-state index contributed by atoms with van der Waals surface area (Å²) < 4.78 is 13.6. The molecule has 0 bridgehead atoms. The minimum atomic E-state index is -0.310. The Bertz CT molecular complexity index is 677. The quantitative estimate of drug-likeness (QED) is 0.941. The molecule has 2 heterocycles. The van der Waals surface area contributed by atoms with Gasteiger partial charge in [-0.1, -0.05) is 18.2 Å². The monoisotopic (exact) mass is 316 g/mol. The maximum Gasteiger partial charge on any atom is 0.227 e. The lowest BCUT2D eigenvalue weighted by atomic mass is 9.93. The van der Waals surface area contributed by atoms with Crippen LogP contribution in [0.2, 0.25) is 0 Å². The van der Waals surface area contributed by atoms with Crippen LogP contribution in [0.4, 0.5) is 4.39 Å². The lowest BCUT2D eigenvalue weighted by Crippen LogP contribution is -2.39. The van der Waals surface area contributed by atoms with E-state index in [2.05, 4.69) is 15.2 Å². The Hall–Kier alpha value is -2.24. The maximum atomic E-state index is 13.6. The second-order valence-corrected chi connectivity index (χ2v) is 6.13. The molecule has 3 rings (SSSR count). The highest BCUT2D eigenvalue weighted by atomic mass is 19.1. The van der Waals surface area contributed by atoms with Crippen molar-refractivity contribution in [1.82, 2.24) is 20.1 Å². The molecule has 6 heteroatoms. The molecule has 5 nitrogen and oxygen atoms in total. The van der Waals surface area contributed by atoms with Crippen molar-refractivity contribution in [3.63, 3.8) is 0 Å². The Labute approximate surface area is 134 Å². The minimum absolute atomic E-state index is 0.00212. The van der Waals surface area contributed by atoms with Gasteiger partial charge in [-0.05, 0) is 37.3 Å². The third kappa shape index (κ3) is 3.94. The predicted octanol–water partition coefficient (Wildman–Crippen LogP) is 2.28. The fraction of sp³-hybridized carbons (Fsp3) is 0.471. The number of aromatic nitrogens is 3. The number of likely N-dealkylation sites (tertiary alicyclic amines) is 1. The molecule has 0 saturated carbocycles. The summed E-state index contributed by atoms with van der Waals surface area (Å²) in [4.78, 5) is 18.5. The molecule has 23 heavy (non-hydrogen) atoms. The van der Waals surface area contributed by atoms with E-state index in [4.69, 9.17) is 0 Å². The molecule has 2 aromatic rings. The van der Waals surface area contributed by atoms with Crippen LogP contribution < -0.4 is 0 Å². The van der Waals surface area contributed by atoms with E-state index in [0.717, 1.165) is 44.0 Å². The highest BCUT2D eigenvalue weighted by molar-refractivity contribution is 5.78. The Morgan fingerprint density at radius 2 is 2.09 bits per heavy atom. The fourth-order valence-corrected chi connectivity index (χ4v) is 3.04. The lowest BCUT2D eigenvalue weighted by molar-refractivity contribution is -0.131. The molecule has 1 aromatic heterocycles. The van der Waals surface area contributed by atoms with Gasteiger partial charge in [-0.25, -0.2) is 9.37 Å². The average Bonchev–Trinajstić information content (AvgIpc) is 2.95. The molecule has 0 aliphatic carbocycles. The first-order valence-electron chi connectivity index (χ1n) is 8.01. The van der Waals surface area contributed by atoms with Crippen LogP contribution in [-0.4, -0.2) is 39.1 Å². The number of rotatable bonds is 4. The molecule has 1 aliphatic rings. The Morgan fingerprint density at radius 1 is 1.35 bits per heavy atom. The van der Waals surface area contributed by atoms with Crippen LogP contribution in [-0.2, 0) is 17.6 Å². The van der Waals surface area contributed by atoms with Crippen LogP contribution in [0.15, 0.2) is 24.3 Å². The second kappa shape index (κ2) is 6.89. The van der Waals surface area contributed by atoms with Crippen LogP contribution in [0, 0.1) is 18.7 Å². The molecular formula is C17H21FN4O. The van der Waals surface area contributed by atoms with E-state index in [1.165, 1.54) is 6.07 Å². The number of carbonyl (C=O) groups excluding carboxylic acids is 1. The van der Waals surface area contributed by atoms with E-state index in [1.807, 2.05) is 11.8 Å². The van der Waals surface area contributed by atoms with Crippen molar-refractivity contribution in [3.05, 3.63) is 47.3 Å². The van der Waals surface area contributed by atoms with Crippen LogP contribution in [0.25, 0.3) is 0 Å². The molecule has 122 valence electrons. The number of piperidine rings is 1. The summed E-state index contributed by atoms with van der Waals surface area (Å²) in [5, 5.41) is 7.03. The van der Waals surface area contributed by atoms with Crippen molar-refractivity contribution < 1.29 is 9.18 Å². The zero-order chi connectivity index (χ0) is 16.2. The van der Waals surface area contributed by atoms with Crippen molar-refractivity contribution in [1.29, 1.82) is 0 Å². The van der Waals surface area contributed by atoms with Gasteiger partial charge in [0.15, 0.2) is 5.82 Å². The zero-order valence-corrected chi connectivity index (χ0v) is 13.3. The van der Waals surface area contributed by atoms with E-state index in [1.54, 1.807) is 18.2 Å². The largest absolute Gasteiger partial charge is 0.342 e. The van der Waals surface area contributed by atoms with Crippen LogP contribution >= 0.6 is 0 Å². The normalized spacial score (nSPS) is 15.8. The number of nitrogens with one attached hydrogen (secondary N) is 1. The molecule has 1 amide bonds. The van der Waals surface area contributed by atoms with Gasteiger partial charge in [0, 0.05) is 19.5 Å². The van der Waals surface area contributed by atoms with Crippen molar-refractivity contribution in [2.45, 2.75) is 32.6 Å². The van der Waals surface area contributed by atoms with Crippen molar-refractivity contribution >= 4 is 5.91 Å². The highest BCUT2D eigenvalue weighted by Crippen LogP contribution is 2.21. The third-order valence-electron chi connectivity index (χ3n) is 4.38. The Balaban J connectivity index is 1.50. The zero-order valence-electron chi connectivity index (χ0n) is 13.3. The van der Waals surface area contributed by atoms with Crippen LogP contribution in [0.3, 0.4) is 0 Å². The standard InChI is InChI=1S/C17H21FN4O/c1-12-19-16(21-20-12)10-13-6-8-22(9-7-13)17(23)11-14-4-2-3-5-15(14)18/h2-5,13H,6-11H2,1H3,(H,19,20,21). The summed E-state index contributed by atoms with van der Waals surface area (Å²) in [5.74, 6) is 1.87. The molecule has 0 unspecified atom stereocenters. The molecule has 1 fully saturated rings. The number of carbonyl (C=O) groups is 1. The second-order valence-electron chi connectivity index (χ2n) is 6.13. The maximum absolute atomic E-state index is 13.6. The number of hydrogen-bond acceptors (Lipinski definition) is 3. The van der Waals surface area contributed by atoms with Gasteiger partial charge in [-0.15, -0.1) is 0 Å². The van der Waals surface area contributed by atoms with Crippen molar-refractivity contribution in [2.24, 2.45) is 5.92 Å². The summed E-state index contributed by atoms with van der Waals surface area (Å²) in [5.41, 5.74) is 0.468. The van der Waals surface area contributed by atoms with Gasteiger partial charge in [0.2, 0.25) is 5.91 Å². The molecular weight excluding hydrogens is 295 g/mol. The first-order valence-corrected chi connectivity index (χ1v) is 8.01. The number of aryl methyl sites for hydroxylation is 1. The number of nitrogens with zero attached hydrogens (tertiary/aromatic N) is 3. The Kier molecular flexibility index (Phi) is 4.69. The number of hydrogen-bond donors (Lipinski definition) is 1. The van der Waals surface area contributed by atoms with Gasteiger partial charge >= 0.3 is 0 Å². The molecule has 1 saturated heterocycles. The van der Waals surface area contributed by atoms with Crippen LogP contribution in [0.1, 0.15) is 30.1 Å². The number of H-pyrrole nitrogens is 1. The first-order chi connectivity index (χ1) is 11.1. The summed E-state index contributed by atoms with van der Waals surface area (Å²) in [7, 11) is 0. The molecule has 1 aromatic carbocycles. The van der Waals surface area contributed by atoms with E-state index >= 15 is 0 Å². The van der Waals surface area contributed by atoms with E-state index in [-0.39, 0.29) is 18.1 Å². The van der Waals surface area contributed by atoms with Gasteiger partial charge in [0.25, 0.3) is 0 Å². The predicted molar refractivity (Wildman–Crippen MR) is 84.2 cm³/mol. The first kappa shape index (κ1) is 15.6. The van der Waals surface area contributed by atoms with E-state index in [9.17, 15) is 9.18 Å². The Morgan fingerprint density at radius 3 is 2.74 bits per heavy atom. The molecule has 1 aliphatic heterocycles. The minimum Gasteiger partial charge on any atom is -0.342 e. The lowest BCUT2D eigenvalue weighted by Gasteiger charge is -2.31. The van der Waals surface area contributed by atoms with Gasteiger partial charge in [-0.3, -0.25) is 9.89 Å². The number of halogens is 1. The van der Waals surface area contributed by atoms with Gasteiger partial charge in [0.1, 0.15) is 11.6 Å². The summed E-state index contributed by atoms with van der Waals surface area (Å²) in [6.45, 7) is 3.34. The number of aromatic amines is 1. The topological polar surface area (TPSA) is 61.9 Å². The fourth-order valence-electron chi connectivity index (χ4n) is 3.04. The number of amides is 1. The van der Waals surface area contributed by atoms with Crippen molar-refractivity contribution in [3.8, 4) is 0 Å². The third-order valence-corrected chi connectivity index (χ3v) is 4.38. The van der Waals surface area contributed by atoms with Crippen molar-refractivity contribution in [2.75, 3.05) is 13.1 Å². The van der Waals surface area contributed by atoms with Gasteiger partial charge in [-0.2, -0.15) is 5.10 Å². The number of benzene rings is 1. The summed E-state index contributed by atoms with van der Waals surface area (Å²) in [6, 6.07) is 6.47. The molecule has 0 spiro atoms. The molecule has 0 radical (unpaired) electrons. The van der Waals surface area contributed by atoms with E-state index in [0.29, 0.717) is 11.5 Å². The van der Waals surface area contributed by atoms with Crippen LogP contribution in [0.5, 0.6) is 0 Å². The van der Waals surface area contributed by atoms with Gasteiger partial charge < -0.3 is 4.90 Å². The summed E-state index contributed by atoms with van der Waals surface area (Å²) in [6.07, 6.45) is 2.87. The molecule has 1 N–H and O–H groups in total. The SMILES string of the molecule is Cc1nc(CC2CCN(C(=O)Cc3ccccc3F)CC2)n[nH]1. The van der Waals surface area contributed by atoms with Gasteiger partial charge in [0.05, 0.1) is 6.42 Å².